The Morgan fingerprint density at radius 1 is 0.943 bits per heavy atom. The fourth-order valence-electron chi connectivity index (χ4n) is 3.21. The van der Waals surface area contributed by atoms with Crippen molar-refractivity contribution in [2.24, 2.45) is 0 Å². The van der Waals surface area contributed by atoms with Crippen LogP contribution < -0.4 is 4.74 Å². The van der Waals surface area contributed by atoms with Crippen LogP contribution in [0.4, 0.5) is 16.2 Å². The molecule has 1 fully saturated rings. The van der Waals surface area contributed by atoms with Crippen molar-refractivity contribution in [3.05, 3.63) is 107 Å². The maximum absolute atomic E-state index is 12.9. The van der Waals surface area contributed by atoms with Crippen LogP contribution in [0.25, 0.3) is 6.08 Å². The first-order valence-corrected chi connectivity index (χ1v) is 11.8. The molecule has 0 bridgehead atoms. The van der Waals surface area contributed by atoms with Gasteiger partial charge in [-0.2, -0.15) is 0 Å². The molecule has 1 saturated heterocycles. The Bertz CT molecular complexity index is 1390. The highest BCUT2D eigenvalue weighted by atomic mass is 127. The number of ether oxygens (including phenoxy) is 1. The topological polar surface area (TPSA) is 133 Å². The van der Waals surface area contributed by atoms with Crippen LogP contribution in [-0.4, -0.2) is 25.9 Å². The fraction of sp³-hybridized carbons (Fsp3) is 0.0435. The maximum Gasteiger partial charge on any atom is 0.318 e. The fourth-order valence-corrected chi connectivity index (χ4v) is 4.40. The molecule has 0 saturated carbocycles. The smallest absolute Gasteiger partial charge is 0.318 e. The molecule has 10 nitrogen and oxygen atoms in total. The van der Waals surface area contributed by atoms with Crippen molar-refractivity contribution in [2.75, 3.05) is 0 Å². The number of hydrogen-bond acceptors (Lipinski definition) is 8. The third kappa shape index (κ3) is 5.49. The van der Waals surface area contributed by atoms with Crippen molar-refractivity contribution < 1.29 is 24.2 Å². The number of hydrogen-bond donors (Lipinski definition) is 0. The van der Waals surface area contributed by atoms with Crippen molar-refractivity contribution in [3.8, 4) is 11.5 Å². The predicted molar refractivity (Wildman–Crippen MR) is 137 cm³/mol. The third-order valence-corrected chi connectivity index (χ3v) is 6.53. The summed E-state index contributed by atoms with van der Waals surface area (Å²) in [4.78, 5) is 47.6. The van der Waals surface area contributed by atoms with E-state index < -0.39 is 32.4 Å². The van der Waals surface area contributed by atoms with Gasteiger partial charge in [0.05, 0.1) is 27.4 Å². The summed E-state index contributed by atoms with van der Waals surface area (Å²) in [7, 11) is 0. The van der Waals surface area contributed by atoms with Crippen LogP contribution in [0.3, 0.4) is 0 Å². The van der Waals surface area contributed by atoms with E-state index in [2.05, 4.69) is 22.6 Å². The number of non-ortho nitro benzene ring substituents is 1. The Hall–Kier alpha value is -3.78. The molecule has 0 spiro atoms. The summed E-state index contributed by atoms with van der Waals surface area (Å²) in [5.74, 6) is -0.489. The molecule has 2 amide bonds. The molecule has 3 aromatic carbocycles. The standard InChI is InChI=1S/C23H14IN3O7S/c24-16-7-5-14(6-8-16)13-25-22(28)21(35-23(25)29)11-15-3-1-2-4-19(15)34-20-10-9-17(26(30)31)12-18(20)27(32)33/h1-12H,13H2/b21-11-. The molecule has 3 aromatic rings. The van der Waals surface area contributed by atoms with Crippen LogP contribution in [-0.2, 0) is 11.3 Å². The zero-order chi connectivity index (χ0) is 25.1. The van der Waals surface area contributed by atoms with E-state index in [-0.39, 0.29) is 22.9 Å². The number of benzene rings is 3. The number of para-hydroxylation sites is 1. The molecule has 12 heteroatoms. The second-order valence-electron chi connectivity index (χ2n) is 7.20. The number of halogens is 1. The van der Waals surface area contributed by atoms with Crippen molar-refractivity contribution in [3.63, 3.8) is 0 Å². The molecule has 1 heterocycles. The van der Waals surface area contributed by atoms with Gasteiger partial charge in [-0.3, -0.25) is 34.7 Å². The zero-order valence-electron chi connectivity index (χ0n) is 17.6. The molecular weight excluding hydrogens is 589 g/mol. The Morgan fingerprint density at radius 2 is 1.66 bits per heavy atom. The van der Waals surface area contributed by atoms with Gasteiger partial charge >= 0.3 is 5.69 Å². The molecule has 0 aromatic heterocycles. The van der Waals surface area contributed by atoms with Gasteiger partial charge in [0, 0.05) is 15.2 Å². The minimum atomic E-state index is -0.777. The Kier molecular flexibility index (Phi) is 7.12. The summed E-state index contributed by atoms with van der Waals surface area (Å²) in [5.41, 5.74) is 0.189. The van der Waals surface area contributed by atoms with E-state index in [4.69, 9.17) is 4.74 Å². The molecule has 0 unspecified atom stereocenters. The quantitative estimate of drug-likeness (QED) is 0.136. The Labute approximate surface area is 216 Å². The molecule has 0 N–H and O–H groups in total. The van der Waals surface area contributed by atoms with Crippen LogP contribution in [0.5, 0.6) is 11.5 Å². The van der Waals surface area contributed by atoms with Gasteiger partial charge in [-0.1, -0.05) is 30.3 Å². The second kappa shape index (κ2) is 10.2. The molecule has 0 atom stereocenters. The van der Waals surface area contributed by atoms with Crippen molar-refractivity contribution in [1.29, 1.82) is 0 Å². The third-order valence-electron chi connectivity index (χ3n) is 4.90. The summed E-state index contributed by atoms with van der Waals surface area (Å²) >= 11 is 2.95. The van der Waals surface area contributed by atoms with Gasteiger partial charge in [-0.15, -0.1) is 0 Å². The summed E-state index contributed by atoms with van der Waals surface area (Å²) in [5, 5.41) is 22.0. The monoisotopic (exact) mass is 603 g/mol. The molecule has 1 aliphatic heterocycles. The summed E-state index contributed by atoms with van der Waals surface area (Å²) < 4.78 is 6.75. The first-order valence-electron chi connectivity index (χ1n) is 9.92. The number of nitrogens with zero attached hydrogens (tertiary/aromatic N) is 3. The summed E-state index contributed by atoms with van der Waals surface area (Å²) in [6.07, 6.45) is 1.48. The number of amides is 2. The van der Waals surface area contributed by atoms with Gasteiger partial charge in [0.15, 0.2) is 0 Å². The minimum Gasteiger partial charge on any atom is -0.449 e. The number of carbonyl (C=O) groups is 2. The lowest BCUT2D eigenvalue weighted by Gasteiger charge is -2.12. The number of imide groups is 1. The van der Waals surface area contributed by atoms with Gasteiger partial charge in [-0.05, 0) is 70.3 Å². The van der Waals surface area contributed by atoms with E-state index in [1.54, 1.807) is 18.2 Å². The molecule has 0 radical (unpaired) electrons. The van der Waals surface area contributed by atoms with Gasteiger partial charge in [0.1, 0.15) is 5.75 Å². The van der Waals surface area contributed by atoms with Gasteiger partial charge in [0.25, 0.3) is 16.8 Å². The van der Waals surface area contributed by atoms with Crippen molar-refractivity contribution in [1.82, 2.24) is 4.90 Å². The number of carbonyl (C=O) groups excluding carboxylic acids is 2. The van der Waals surface area contributed by atoms with Gasteiger partial charge in [0.2, 0.25) is 5.75 Å². The number of nitro groups is 2. The Morgan fingerprint density at radius 3 is 2.34 bits per heavy atom. The second-order valence-corrected chi connectivity index (χ2v) is 9.44. The molecule has 35 heavy (non-hydrogen) atoms. The Balaban J connectivity index is 1.61. The molecule has 176 valence electrons. The van der Waals surface area contributed by atoms with Crippen LogP contribution in [0.2, 0.25) is 0 Å². The predicted octanol–water partition coefficient (Wildman–Crippen LogP) is 6.14. The highest BCUT2D eigenvalue weighted by Gasteiger charge is 2.35. The molecule has 0 aliphatic carbocycles. The average molecular weight is 603 g/mol. The minimum absolute atomic E-state index is 0.131. The summed E-state index contributed by atoms with van der Waals surface area (Å²) in [6, 6.07) is 17.0. The van der Waals surface area contributed by atoms with Gasteiger partial charge < -0.3 is 4.74 Å². The SMILES string of the molecule is O=C1S/C(=C\c2ccccc2Oc2ccc([N+](=O)[O-])cc2[N+](=O)[O-])C(=O)N1Cc1ccc(I)cc1. The van der Waals surface area contributed by atoms with E-state index in [9.17, 15) is 29.8 Å². The number of nitro benzene ring substituents is 2. The normalized spacial score (nSPS) is 14.4. The van der Waals surface area contributed by atoms with E-state index in [1.165, 1.54) is 12.1 Å². The van der Waals surface area contributed by atoms with Crippen LogP contribution >= 0.6 is 34.4 Å². The highest BCUT2D eigenvalue weighted by Crippen LogP contribution is 2.38. The zero-order valence-corrected chi connectivity index (χ0v) is 20.6. The first-order chi connectivity index (χ1) is 16.7. The van der Waals surface area contributed by atoms with Gasteiger partial charge in [-0.25, -0.2) is 0 Å². The molecular formula is C23H14IN3O7S. The average Bonchev–Trinajstić information content (AvgIpc) is 3.09. The molecule has 1 aliphatic rings. The lowest BCUT2D eigenvalue weighted by molar-refractivity contribution is -0.394. The first kappa shape index (κ1) is 24.3. The lowest BCUT2D eigenvalue weighted by Crippen LogP contribution is -2.27. The van der Waals surface area contributed by atoms with E-state index >= 15 is 0 Å². The number of rotatable bonds is 7. The van der Waals surface area contributed by atoms with E-state index in [0.29, 0.717) is 5.56 Å². The lowest BCUT2D eigenvalue weighted by atomic mass is 10.1. The maximum atomic E-state index is 12.9. The number of thioether (sulfide) groups is 1. The largest absolute Gasteiger partial charge is 0.449 e. The molecule has 4 rings (SSSR count). The van der Waals surface area contributed by atoms with Crippen LogP contribution in [0, 0.1) is 23.8 Å². The van der Waals surface area contributed by atoms with E-state index in [1.807, 2.05) is 24.3 Å². The van der Waals surface area contributed by atoms with Crippen LogP contribution in [0.15, 0.2) is 71.6 Å². The van der Waals surface area contributed by atoms with E-state index in [0.717, 1.165) is 44.0 Å². The summed E-state index contributed by atoms with van der Waals surface area (Å²) in [6.45, 7) is 0.131. The highest BCUT2D eigenvalue weighted by molar-refractivity contribution is 14.1. The van der Waals surface area contributed by atoms with Crippen LogP contribution in [0.1, 0.15) is 11.1 Å². The van der Waals surface area contributed by atoms with Crippen molar-refractivity contribution in [2.45, 2.75) is 6.54 Å². The van der Waals surface area contributed by atoms with Crippen molar-refractivity contribution >= 4 is 62.9 Å².